The van der Waals surface area contributed by atoms with Gasteiger partial charge in [0.05, 0.1) is 18.8 Å². The predicted octanol–water partition coefficient (Wildman–Crippen LogP) is 3.20. The molecule has 0 radical (unpaired) electrons. The molecule has 110 valence electrons. The van der Waals surface area contributed by atoms with Crippen LogP contribution in [0.1, 0.15) is 37.8 Å². The van der Waals surface area contributed by atoms with E-state index in [0.29, 0.717) is 13.0 Å². The van der Waals surface area contributed by atoms with Crippen molar-refractivity contribution in [1.82, 2.24) is 5.32 Å². The van der Waals surface area contributed by atoms with Crippen LogP contribution < -0.4 is 10.1 Å². The monoisotopic (exact) mass is 341 g/mol. The van der Waals surface area contributed by atoms with Gasteiger partial charge in [0.1, 0.15) is 5.75 Å². The molecular weight excluding hydrogens is 322 g/mol. The van der Waals surface area contributed by atoms with Crippen LogP contribution in [0.5, 0.6) is 5.75 Å². The minimum atomic E-state index is 0.0293. The average molecular weight is 342 g/mol. The average Bonchev–Trinajstić information content (AvgIpc) is 2.45. The number of ether oxygens (including phenoxy) is 2. The van der Waals surface area contributed by atoms with Gasteiger partial charge < -0.3 is 14.8 Å². The van der Waals surface area contributed by atoms with E-state index < -0.39 is 0 Å². The number of nitrogens with one attached hydrogen (secondary N) is 1. The smallest absolute Gasteiger partial charge is 0.220 e. The molecule has 1 aromatic carbocycles. The fourth-order valence-corrected chi connectivity index (χ4v) is 2.61. The molecular formula is C15H20BrNO3. The van der Waals surface area contributed by atoms with Crippen LogP contribution in [0, 0.1) is 0 Å². The van der Waals surface area contributed by atoms with Crippen molar-refractivity contribution in [2.75, 3.05) is 13.7 Å². The number of fused-ring (bicyclic) bond motifs is 1. The lowest BCUT2D eigenvalue weighted by molar-refractivity contribution is -0.122. The minimum absolute atomic E-state index is 0.0293. The second-order valence-electron chi connectivity index (χ2n) is 5.02. The third kappa shape index (κ3) is 3.96. The molecule has 0 saturated carbocycles. The van der Waals surface area contributed by atoms with E-state index in [9.17, 15) is 4.79 Å². The normalized spacial score (nSPS) is 18.9. The predicted molar refractivity (Wildman–Crippen MR) is 80.8 cm³/mol. The highest BCUT2D eigenvalue weighted by atomic mass is 79.9. The van der Waals surface area contributed by atoms with Crippen molar-refractivity contribution < 1.29 is 14.3 Å². The number of methoxy groups -OCH3 is 1. The minimum Gasteiger partial charge on any atom is -0.493 e. The highest BCUT2D eigenvalue weighted by molar-refractivity contribution is 9.10. The Hall–Kier alpha value is -1.07. The summed E-state index contributed by atoms with van der Waals surface area (Å²) in [4.78, 5) is 12.0. The van der Waals surface area contributed by atoms with Crippen LogP contribution in [-0.2, 0) is 9.53 Å². The van der Waals surface area contributed by atoms with Gasteiger partial charge in [0, 0.05) is 30.0 Å². The number of rotatable bonds is 5. The maximum atomic E-state index is 12.0. The zero-order chi connectivity index (χ0) is 14.5. The van der Waals surface area contributed by atoms with Crippen LogP contribution in [0.3, 0.4) is 0 Å². The number of carbonyl (C=O) groups is 1. The number of hydrogen-bond donors (Lipinski definition) is 1. The first-order valence-corrected chi connectivity index (χ1v) is 7.64. The molecule has 2 rings (SSSR count). The lowest BCUT2D eigenvalue weighted by atomic mass is 10.0. The second kappa shape index (κ2) is 7.09. The Balaban J connectivity index is 1.97. The van der Waals surface area contributed by atoms with Crippen molar-refractivity contribution in [3.8, 4) is 5.75 Å². The number of hydrogen-bond acceptors (Lipinski definition) is 3. The fourth-order valence-electron chi connectivity index (χ4n) is 2.23. The van der Waals surface area contributed by atoms with Crippen LogP contribution in [0.4, 0.5) is 0 Å². The lowest BCUT2D eigenvalue weighted by Gasteiger charge is -2.27. The van der Waals surface area contributed by atoms with Crippen LogP contribution >= 0.6 is 15.9 Å². The summed E-state index contributed by atoms with van der Waals surface area (Å²) in [5.41, 5.74) is 1.04. The molecule has 4 nitrogen and oxygen atoms in total. The van der Waals surface area contributed by atoms with Crippen LogP contribution in [0.15, 0.2) is 22.7 Å². The number of carbonyl (C=O) groups excluding carboxylic acids is 1. The van der Waals surface area contributed by atoms with Crippen molar-refractivity contribution in [3.05, 3.63) is 28.2 Å². The Kier molecular flexibility index (Phi) is 5.43. The molecule has 0 aromatic heterocycles. The Morgan fingerprint density at radius 3 is 3.15 bits per heavy atom. The molecule has 0 unspecified atom stereocenters. The SMILES string of the molecule is CO[C@@H](C)CCC(=O)N[C@H]1CCOc2ccc(Br)cc21. The van der Waals surface area contributed by atoms with Crippen molar-refractivity contribution in [2.24, 2.45) is 0 Å². The Morgan fingerprint density at radius 1 is 1.60 bits per heavy atom. The Labute approximate surface area is 128 Å². The van der Waals surface area contributed by atoms with E-state index in [1.807, 2.05) is 25.1 Å². The van der Waals surface area contributed by atoms with Gasteiger partial charge in [0.25, 0.3) is 0 Å². The van der Waals surface area contributed by atoms with Gasteiger partial charge in [-0.3, -0.25) is 4.79 Å². The van der Waals surface area contributed by atoms with E-state index >= 15 is 0 Å². The van der Waals surface area contributed by atoms with Gasteiger partial charge in [-0.1, -0.05) is 15.9 Å². The van der Waals surface area contributed by atoms with Crippen molar-refractivity contribution in [1.29, 1.82) is 0 Å². The lowest BCUT2D eigenvalue weighted by Crippen LogP contribution is -2.32. The fraction of sp³-hybridized carbons (Fsp3) is 0.533. The van der Waals surface area contributed by atoms with Gasteiger partial charge in [0.15, 0.2) is 0 Å². The third-order valence-corrected chi connectivity index (χ3v) is 4.02. The van der Waals surface area contributed by atoms with E-state index in [0.717, 1.165) is 28.6 Å². The summed E-state index contributed by atoms with van der Waals surface area (Å²) >= 11 is 3.46. The molecule has 1 aromatic rings. The summed E-state index contributed by atoms with van der Waals surface area (Å²) in [6.45, 7) is 2.60. The van der Waals surface area contributed by atoms with Crippen molar-refractivity contribution >= 4 is 21.8 Å². The first kappa shape index (κ1) is 15.3. The molecule has 1 amide bonds. The Morgan fingerprint density at radius 2 is 2.40 bits per heavy atom. The van der Waals surface area contributed by atoms with Crippen LogP contribution in [-0.4, -0.2) is 25.7 Å². The summed E-state index contributed by atoms with van der Waals surface area (Å²) in [6.07, 6.45) is 2.12. The van der Waals surface area contributed by atoms with E-state index in [4.69, 9.17) is 9.47 Å². The standard InChI is InChI=1S/C15H20BrNO3/c1-10(19-2)3-6-15(18)17-13-7-8-20-14-5-4-11(16)9-12(13)14/h4-5,9-10,13H,3,6-8H2,1-2H3,(H,17,18)/t10-,13-/m0/s1. The summed E-state index contributed by atoms with van der Waals surface area (Å²) in [7, 11) is 1.66. The molecule has 0 fully saturated rings. The molecule has 1 N–H and O–H groups in total. The van der Waals surface area contributed by atoms with E-state index in [2.05, 4.69) is 21.2 Å². The number of benzene rings is 1. The van der Waals surface area contributed by atoms with Gasteiger partial charge in [-0.25, -0.2) is 0 Å². The molecule has 1 heterocycles. The van der Waals surface area contributed by atoms with Gasteiger partial charge >= 0.3 is 0 Å². The molecule has 0 spiro atoms. The first-order chi connectivity index (χ1) is 9.60. The summed E-state index contributed by atoms with van der Waals surface area (Å²) < 4.78 is 11.8. The molecule has 1 aliphatic heterocycles. The highest BCUT2D eigenvalue weighted by Crippen LogP contribution is 2.34. The van der Waals surface area contributed by atoms with Crippen molar-refractivity contribution in [3.63, 3.8) is 0 Å². The van der Waals surface area contributed by atoms with Gasteiger partial charge in [-0.15, -0.1) is 0 Å². The van der Waals surface area contributed by atoms with Gasteiger partial charge in [-0.2, -0.15) is 0 Å². The third-order valence-electron chi connectivity index (χ3n) is 3.53. The maximum absolute atomic E-state index is 12.0. The van der Waals surface area contributed by atoms with Crippen molar-refractivity contribution in [2.45, 2.75) is 38.3 Å². The topological polar surface area (TPSA) is 47.6 Å². The number of halogens is 1. The van der Waals surface area contributed by atoms with Crippen LogP contribution in [0.25, 0.3) is 0 Å². The molecule has 1 aliphatic rings. The molecule has 0 saturated heterocycles. The zero-order valence-electron chi connectivity index (χ0n) is 11.8. The van der Waals surface area contributed by atoms with E-state index in [1.54, 1.807) is 7.11 Å². The Bertz CT molecular complexity index is 478. The molecule has 2 atom stereocenters. The van der Waals surface area contributed by atoms with Crippen LogP contribution in [0.2, 0.25) is 0 Å². The largest absolute Gasteiger partial charge is 0.493 e. The highest BCUT2D eigenvalue weighted by Gasteiger charge is 2.23. The van der Waals surface area contributed by atoms with Gasteiger partial charge in [-0.05, 0) is 31.5 Å². The molecule has 0 bridgehead atoms. The second-order valence-corrected chi connectivity index (χ2v) is 5.94. The quantitative estimate of drug-likeness (QED) is 0.894. The first-order valence-electron chi connectivity index (χ1n) is 6.84. The van der Waals surface area contributed by atoms with E-state index in [1.165, 1.54) is 0 Å². The van der Waals surface area contributed by atoms with E-state index in [-0.39, 0.29) is 18.1 Å². The van der Waals surface area contributed by atoms with Gasteiger partial charge in [0.2, 0.25) is 5.91 Å². The number of amides is 1. The summed E-state index contributed by atoms with van der Waals surface area (Å²) in [6, 6.07) is 5.92. The summed E-state index contributed by atoms with van der Waals surface area (Å²) in [5.74, 6) is 0.918. The zero-order valence-corrected chi connectivity index (χ0v) is 13.4. The molecule has 5 heteroatoms. The summed E-state index contributed by atoms with van der Waals surface area (Å²) in [5, 5.41) is 3.09. The molecule has 0 aliphatic carbocycles. The maximum Gasteiger partial charge on any atom is 0.220 e. The molecule has 20 heavy (non-hydrogen) atoms.